The van der Waals surface area contributed by atoms with E-state index in [9.17, 15) is 9.59 Å². The molecule has 0 bridgehead atoms. The smallest absolute Gasteiger partial charge is 0.411 e. The van der Waals surface area contributed by atoms with Crippen LogP contribution in [0, 0.1) is 0 Å². The van der Waals surface area contributed by atoms with Gasteiger partial charge in [-0.05, 0) is 57.4 Å². The number of hydrogen-bond acceptors (Lipinski definition) is 7. The summed E-state index contributed by atoms with van der Waals surface area (Å²) in [6.45, 7) is 0.154. The van der Waals surface area contributed by atoms with Crippen molar-refractivity contribution in [3.8, 4) is 17.2 Å². The van der Waals surface area contributed by atoms with Crippen LogP contribution in [0.5, 0.6) is 17.2 Å². The molecule has 8 nitrogen and oxygen atoms in total. The van der Waals surface area contributed by atoms with Crippen LogP contribution in [0.1, 0.15) is 5.56 Å². The Labute approximate surface area is 179 Å². The van der Waals surface area contributed by atoms with Crippen molar-refractivity contribution in [3.05, 3.63) is 42.0 Å². The van der Waals surface area contributed by atoms with Gasteiger partial charge >= 0.3 is 12.1 Å². The summed E-state index contributed by atoms with van der Waals surface area (Å²) in [5, 5.41) is 3.69. The van der Waals surface area contributed by atoms with Crippen molar-refractivity contribution in [3.63, 3.8) is 0 Å². The molecular weight excluding hydrogens is 402 g/mol. The summed E-state index contributed by atoms with van der Waals surface area (Å²) in [6, 6.07) is 10.7. The van der Waals surface area contributed by atoms with Crippen LogP contribution >= 0.6 is 0 Å². The number of esters is 1. The number of nitrogens with zero attached hydrogens (tertiary/aromatic N) is 1. The summed E-state index contributed by atoms with van der Waals surface area (Å²) in [4.78, 5) is 25.8. The second-order valence-electron chi connectivity index (χ2n) is 7.12. The van der Waals surface area contributed by atoms with E-state index >= 15 is 0 Å². The lowest BCUT2D eigenvalue weighted by atomic mass is 9.96. The van der Waals surface area contributed by atoms with Gasteiger partial charge in [-0.2, -0.15) is 0 Å². The van der Waals surface area contributed by atoms with Gasteiger partial charge < -0.3 is 23.7 Å². The van der Waals surface area contributed by atoms with Gasteiger partial charge in [-0.25, -0.2) is 9.59 Å². The van der Waals surface area contributed by atoms with E-state index in [2.05, 4.69) is 0 Å². The van der Waals surface area contributed by atoms with Crippen molar-refractivity contribution in [1.29, 1.82) is 0 Å². The highest BCUT2D eigenvalue weighted by Crippen LogP contribution is 2.39. The Kier molecular flexibility index (Phi) is 5.46. The number of ether oxygens (including phenoxy) is 5. The molecule has 0 aliphatic carbocycles. The van der Waals surface area contributed by atoms with Crippen LogP contribution in [0.25, 0.3) is 21.5 Å². The molecule has 1 atom stereocenters. The van der Waals surface area contributed by atoms with Crippen molar-refractivity contribution in [2.24, 2.45) is 0 Å². The maximum absolute atomic E-state index is 12.3. The lowest BCUT2D eigenvalue weighted by Crippen LogP contribution is -2.39. The van der Waals surface area contributed by atoms with Gasteiger partial charge in [0.2, 0.25) is 0 Å². The Morgan fingerprint density at radius 3 is 2.39 bits per heavy atom. The van der Waals surface area contributed by atoms with Crippen LogP contribution in [-0.4, -0.2) is 58.1 Å². The number of hydrogen-bond donors (Lipinski definition) is 0. The Balaban J connectivity index is 1.91. The van der Waals surface area contributed by atoms with Crippen LogP contribution in [0.3, 0.4) is 0 Å². The largest absolute Gasteiger partial charge is 0.497 e. The van der Waals surface area contributed by atoms with Crippen molar-refractivity contribution in [2.75, 3.05) is 35.0 Å². The van der Waals surface area contributed by atoms with E-state index in [1.165, 1.54) is 12.0 Å². The lowest BCUT2D eigenvalue weighted by Gasteiger charge is -2.21. The number of methoxy groups -OCH3 is 4. The summed E-state index contributed by atoms with van der Waals surface area (Å²) in [6.07, 6.45) is -0.551. The molecule has 31 heavy (non-hydrogen) atoms. The van der Waals surface area contributed by atoms with Crippen LogP contribution in [-0.2, 0) is 20.8 Å². The van der Waals surface area contributed by atoms with E-state index in [-0.39, 0.29) is 13.2 Å². The summed E-state index contributed by atoms with van der Waals surface area (Å²) in [7, 11) is 6.07. The van der Waals surface area contributed by atoms with Gasteiger partial charge in [0.1, 0.15) is 12.4 Å². The third-order valence-corrected chi connectivity index (χ3v) is 5.54. The molecule has 1 aliphatic heterocycles. The molecule has 1 fully saturated rings. The zero-order chi connectivity index (χ0) is 22.1. The highest BCUT2D eigenvalue weighted by atomic mass is 16.6. The van der Waals surface area contributed by atoms with Gasteiger partial charge in [-0.1, -0.05) is 6.07 Å². The fourth-order valence-electron chi connectivity index (χ4n) is 3.94. The molecule has 3 aromatic carbocycles. The van der Waals surface area contributed by atoms with Gasteiger partial charge in [-0.3, -0.25) is 4.90 Å². The molecule has 1 amide bonds. The SMILES string of the molecule is COC(=O)[C@H]1COC(=O)N1Cc1cc2cc(OC)c(OC)cc2c2cc(OC)ccc12. The molecule has 0 radical (unpaired) electrons. The van der Waals surface area contributed by atoms with Crippen LogP contribution in [0.2, 0.25) is 0 Å². The minimum atomic E-state index is -0.785. The molecule has 3 aromatic rings. The number of amides is 1. The Morgan fingerprint density at radius 1 is 0.968 bits per heavy atom. The second-order valence-corrected chi connectivity index (χ2v) is 7.12. The summed E-state index contributed by atoms with van der Waals surface area (Å²) < 4.78 is 26.3. The van der Waals surface area contributed by atoms with E-state index in [4.69, 9.17) is 23.7 Å². The average Bonchev–Trinajstić information content (AvgIpc) is 3.17. The fourth-order valence-corrected chi connectivity index (χ4v) is 3.94. The maximum Gasteiger partial charge on any atom is 0.411 e. The first-order chi connectivity index (χ1) is 15.0. The molecule has 0 saturated carbocycles. The standard InChI is InChI=1S/C23H23NO7/c1-27-15-5-6-16-14(11-24-19(22(25)30-4)12-31-23(24)26)7-13-8-20(28-2)21(29-3)10-17(13)18(16)9-15/h5-10,19H,11-12H2,1-4H3/t19-/m1/s1. The van der Waals surface area contributed by atoms with Gasteiger partial charge in [0.05, 0.1) is 35.0 Å². The molecular formula is C23H23NO7. The quantitative estimate of drug-likeness (QED) is 0.441. The van der Waals surface area contributed by atoms with E-state index in [1.807, 2.05) is 36.4 Å². The normalized spacial score (nSPS) is 15.8. The highest BCUT2D eigenvalue weighted by Gasteiger charge is 2.39. The highest BCUT2D eigenvalue weighted by molar-refractivity contribution is 6.10. The minimum Gasteiger partial charge on any atom is -0.497 e. The lowest BCUT2D eigenvalue weighted by molar-refractivity contribution is -0.145. The monoisotopic (exact) mass is 425 g/mol. The van der Waals surface area contributed by atoms with Crippen molar-refractivity contribution < 1.29 is 33.3 Å². The van der Waals surface area contributed by atoms with E-state index in [0.717, 1.165) is 27.1 Å². The zero-order valence-corrected chi connectivity index (χ0v) is 17.8. The number of benzene rings is 3. The number of rotatable bonds is 6. The number of cyclic esters (lactones) is 1. The van der Waals surface area contributed by atoms with Gasteiger partial charge in [0.15, 0.2) is 17.5 Å². The predicted molar refractivity (Wildman–Crippen MR) is 114 cm³/mol. The zero-order valence-electron chi connectivity index (χ0n) is 17.8. The number of fused-ring (bicyclic) bond motifs is 3. The molecule has 1 heterocycles. The van der Waals surface area contributed by atoms with Crippen molar-refractivity contribution in [1.82, 2.24) is 4.90 Å². The fraction of sp³-hybridized carbons (Fsp3) is 0.304. The number of carbonyl (C=O) groups is 2. The molecule has 0 unspecified atom stereocenters. The van der Waals surface area contributed by atoms with Gasteiger partial charge in [-0.15, -0.1) is 0 Å². The van der Waals surface area contributed by atoms with E-state index in [1.54, 1.807) is 21.3 Å². The first-order valence-electron chi connectivity index (χ1n) is 9.67. The predicted octanol–water partition coefficient (Wildman–Crippen LogP) is 3.51. The van der Waals surface area contributed by atoms with E-state index in [0.29, 0.717) is 17.2 Å². The summed E-state index contributed by atoms with van der Waals surface area (Å²) >= 11 is 0. The molecule has 162 valence electrons. The second kappa shape index (κ2) is 8.22. The van der Waals surface area contributed by atoms with Crippen LogP contribution < -0.4 is 14.2 Å². The molecule has 8 heteroatoms. The Morgan fingerprint density at radius 2 is 1.71 bits per heavy atom. The van der Waals surface area contributed by atoms with Crippen LogP contribution in [0.4, 0.5) is 4.79 Å². The summed E-state index contributed by atoms with van der Waals surface area (Å²) in [5.74, 6) is 1.40. The van der Waals surface area contributed by atoms with E-state index < -0.39 is 18.1 Å². The summed E-state index contributed by atoms with van der Waals surface area (Å²) in [5.41, 5.74) is 0.852. The molecule has 1 saturated heterocycles. The molecule has 4 rings (SSSR count). The van der Waals surface area contributed by atoms with Crippen molar-refractivity contribution >= 4 is 33.6 Å². The number of carbonyl (C=O) groups excluding carboxylic acids is 2. The third kappa shape index (κ3) is 3.54. The molecule has 0 aromatic heterocycles. The van der Waals surface area contributed by atoms with Crippen LogP contribution in [0.15, 0.2) is 36.4 Å². The first-order valence-corrected chi connectivity index (χ1v) is 9.67. The molecule has 0 spiro atoms. The Bertz CT molecular complexity index is 1170. The molecule has 1 aliphatic rings. The topological polar surface area (TPSA) is 83.5 Å². The van der Waals surface area contributed by atoms with Gasteiger partial charge in [0, 0.05) is 0 Å². The first kappa shape index (κ1) is 20.6. The average molecular weight is 425 g/mol. The van der Waals surface area contributed by atoms with Crippen molar-refractivity contribution in [2.45, 2.75) is 12.6 Å². The maximum atomic E-state index is 12.3. The minimum absolute atomic E-state index is 0.0319. The third-order valence-electron chi connectivity index (χ3n) is 5.54. The Hall–Kier alpha value is -3.68. The molecule has 0 N–H and O–H groups in total. The van der Waals surface area contributed by atoms with Gasteiger partial charge in [0.25, 0.3) is 0 Å².